The second-order valence-electron chi connectivity index (χ2n) is 4.94. The molecule has 90 valence electrons. The number of hydrogen-bond donors (Lipinski definition) is 0. The summed E-state index contributed by atoms with van der Waals surface area (Å²) in [5.41, 5.74) is 0. The second kappa shape index (κ2) is 6.83. The average Bonchev–Trinajstić information content (AvgIpc) is 2.13. The van der Waals surface area contributed by atoms with Gasteiger partial charge in [0.05, 0.1) is 7.11 Å². The van der Waals surface area contributed by atoms with E-state index >= 15 is 0 Å². The first kappa shape index (κ1) is 14.4. The van der Waals surface area contributed by atoms with Crippen LogP contribution in [-0.4, -0.2) is 37.1 Å². The molecule has 0 N–H and O–H groups in total. The molecular weight excluding hydrogens is 190 g/mol. The van der Waals surface area contributed by atoms with Crippen molar-refractivity contribution in [3.8, 4) is 0 Å². The van der Waals surface area contributed by atoms with Crippen LogP contribution < -0.4 is 0 Å². The van der Waals surface area contributed by atoms with E-state index in [0.717, 1.165) is 13.1 Å². The van der Waals surface area contributed by atoms with Gasteiger partial charge in [-0.05, 0) is 18.8 Å². The summed E-state index contributed by atoms with van der Waals surface area (Å²) < 4.78 is 4.78. The quantitative estimate of drug-likeness (QED) is 0.636. The first-order valence-electron chi connectivity index (χ1n) is 5.70. The normalized spacial score (nSPS) is 13.7. The van der Waals surface area contributed by atoms with Crippen LogP contribution in [0.1, 0.15) is 34.6 Å². The molecule has 3 heteroatoms. The molecule has 0 amide bonds. The molecule has 0 aromatic carbocycles. The molecule has 0 aromatic rings. The molecule has 0 saturated carbocycles. The zero-order valence-electron chi connectivity index (χ0n) is 10.9. The molecule has 0 unspecified atom stereocenters. The lowest BCUT2D eigenvalue weighted by atomic mass is 10.1. The number of carbonyl (C=O) groups excluding carboxylic acids is 1. The van der Waals surface area contributed by atoms with Crippen molar-refractivity contribution in [1.29, 1.82) is 0 Å². The van der Waals surface area contributed by atoms with E-state index in [4.69, 9.17) is 4.74 Å². The summed E-state index contributed by atoms with van der Waals surface area (Å²) in [5, 5.41) is 0. The van der Waals surface area contributed by atoms with Crippen LogP contribution in [0.3, 0.4) is 0 Å². The molecule has 0 aliphatic heterocycles. The lowest BCUT2D eigenvalue weighted by Gasteiger charge is -2.30. The van der Waals surface area contributed by atoms with E-state index in [-0.39, 0.29) is 12.0 Å². The van der Waals surface area contributed by atoms with E-state index in [2.05, 4.69) is 32.6 Å². The molecule has 0 fully saturated rings. The fourth-order valence-electron chi connectivity index (χ4n) is 1.65. The molecular formula is C12H25NO2. The van der Waals surface area contributed by atoms with Crippen LogP contribution >= 0.6 is 0 Å². The summed E-state index contributed by atoms with van der Waals surface area (Å²) in [5.74, 6) is 0.989. The second-order valence-corrected chi connectivity index (χ2v) is 4.94. The molecule has 1 atom stereocenters. The van der Waals surface area contributed by atoms with Crippen molar-refractivity contribution in [2.75, 3.05) is 20.2 Å². The Balaban J connectivity index is 4.39. The Morgan fingerprint density at radius 1 is 1.07 bits per heavy atom. The highest BCUT2D eigenvalue weighted by Crippen LogP contribution is 2.09. The van der Waals surface area contributed by atoms with Crippen molar-refractivity contribution >= 4 is 5.97 Å². The number of rotatable bonds is 6. The highest BCUT2D eigenvalue weighted by Gasteiger charge is 2.22. The third-order valence-electron chi connectivity index (χ3n) is 2.29. The molecule has 0 radical (unpaired) electrons. The van der Waals surface area contributed by atoms with Crippen LogP contribution in [0.25, 0.3) is 0 Å². The SMILES string of the molecule is COC(=O)[C@H](C)N(CC(C)C)CC(C)C. The van der Waals surface area contributed by atoms with Crippen LogP contribution in [0.2, 0.25) is 0 Å². The van der Waals surface area contributed by atoms with Crippen LogP contribution in [0.4, 0.5) is 0 Å². The van der Waals surface area contributed by atoms with Gasteiger partial charge in [-0.2, -0.15) is 0 Å². The van der Waals surface area contributed by atoms with E-state index < -0.39 is 0 Å². The van der Waals surface area contributed by atoms with Crippen molar-refractivity contribution in [3.05, 3.63) is 0 Å². The number of nitrogens with zero attached hydrogens (tertiary/aromatic N) is 1. The van der Waals surface area contributed by atoms with Gasteiger partial charge < -0.3 is 4.74 Å². The number of ether oxygens (including phenoxy) is 1. The van der Waals surface area contributed by atoms with Gasteiger partial charge in [-0.15, -0.1) is 0 Å². The minimum absolute atomic E-state index is 0.139. The van der Waals surface area contributed by atoms with Crippen LogP contribution in [0.5, 0.6) is 0 Å². The third kappa shape index (κ3) is 5.78. The molecule has 15 heavy (non-hydrogen) atoms. The van der Waals surface area contributed by atoms with Crippen molar-refractivity contribution in [1.82, 2.24) is 4.90 Å². The predicted octanol–water partition coefficient (Wildman–Crippen LogP) is 2.16. The van der Waals surface area contributed by atoms with Gasteiger partial charge in [-0.25, -0.2) is 0 Å². The number of methoxy groups -OCH3 is 1. The molecule has 0 aromatic heterocycles. The van der Waals surface area contributed by atoms with Crippen molar-refractivity contribution in [2.45, 2.75) is 40.7 Å². The van der Waals surface area contributed by atoms with Gasteiger partial charge in [0, 0.05) is 13.1 Å². The highest BCUT2D eigenvalue weighted by molar-refractivity contribution is 5.75. The summed E-state index contributed by atoms with van der Waals surface area (Å²) in [4.78, 5) is 13.6. The van der Waals surface area contributed by atoms with Crippen LogP contribution in [0.15, 0.2) is 0 Å². The Bertz CT molecular complexity index is 180. The maximum atomic E-state index is 11.5. The Morgan fingerprint density at radius 3 is 1.73 bits per heavy atom. The first-order chi connectivity index (χ1) is 6.88. The number of esters is 1. The van der Waals surface area contributed by atoms with Gasteiger partial charge in [-0.1, -0.05) is 27.7 Å². The maximum Gasteiger partial charge on any atom is 0.322 e. The Hall–Kier alpha value is -0.570. The molecule has 0 bridgehead atoms. The lowest BCUT2D eigenvalue weighted by molar-refractivity contribution is -0.146. The van der Waals surface area contributed by atoms with E-state index in [1.165, 1.54) is 7.11 Å². The summed E-state index contributed by atoms with van der Waals surface area (Å²) >= 11 is 0. The minimum atomic E-state index is -0.142. The summed E-state index contributed by atoms with van der Waals surface area (Å²) in [6, 6.07) is -0.139. The predicted molar refractivity (Wildman–Crippen MR) is 62.7 cm³/mol. The third-order valence-corrected chi connectivity index (χ3v) is 2.29. The van der Waals surface area contributed by atoms with E-state index in [1.54, 1.807) is 0 Å². The largest absolute Gasteiger partial charge is 0.468 e. The van der Waals surface area contributed by atoms with Crippen molar-refractivity contribution in [3.63, 3.8) is 0 Å². The van der Waals surface area contributed by atoms with Gasteiger partial charge >= 0.3 is 5.97 Å². The fraction of sp³-hybridized carbons (Fsp3) is 0.917. The summed E-state index contributed by atoms with van der Waals surface area (Å²) in [6.07, 6.45) is 0. The molecule has 0 heterocycles. The smallest absolute Gasteiger partial charge is 0.322 e. The molecule has 0 spiro atoms. The van der Waals surface area contributed by atoms with Gasteiger partial charge in [0.2, 0.25) is 0 Å². The molecule has 3 nitrogen and oxygen atoms in total. The van der Waals surface area contributed by atoms with Crippen molar-refractivity contribution in [2.24, 2.45) is 11.8 Å². The fourth-order valence-corrected chi connectivity index (χ4v) is 1.65. The zero-order chi connectivity index (χ0) is 12.0. The summed E-state index contributed by atoms with van der Waals surface area (Å²) in [6.45, 7) is 12.4. The standard InChI is InChI=1S/C12H25NO2/c1-9(2)7-13(8-10(3)4)11(5)12(14)15-6/h9-11H,7-8H2,1-6H3/t11-/m0/s1. The summed E-state index contributed by atoms with van der Waals surface area (Å²) in [7, 11) is 1.45. The Morgan fingerprint density at radius 2 is 1.47 bits per heavy atom. The number of hydrogen-bond acceptors (Lipinski definition) is 3. The lowest BCUT2D eigenvalue weighted by Crippen LogP contribution is -2.43. The molecule has 0 rings (SSSR count). The van der Waals surface area contributed by atoms with Gasteiger partial charge in [-0.3, -0.25) is 9.69 Å². The van der Waals surface area contributed by atoms with E-state index in [1.807, 2.05) is 6.92 Å². The van der Waals surface area contributed by atoms with Crippen LogP contribution in [-0.2, 0) is 9.53 Å². The van der Waals surface area contributed by atoms with Gasteiger partial charge in [0.1, 0.15) is 6.04 Å². The highest BCUT2D eigenvalue weighted by atomic mass is 16.5. The van der Waals surface area contributed by atoms with Crippen LogP contribution in [0, 0.1) is 11.8 Å². The maximum absolute atomic E-state index is 11.5. The first-order valence-corrected chi connectivity index (χ1v) is 5.70. The number of carbonyl (C=O) groups is 1. The topological polar surface area (TPSA) is 29.5 Å². The van der Waals surface area contributed by atoms with Gasteiger partial charge in [0.15, 0.2) is 0 Å². The monoisotopic (exact) mass is 215 g/mol. The van der Waals surface area contributed by atoms with E-state index in [0.29, 0.717) is 11.8 Å². The molecule has 0 aliphatic rings. The molecule has 0 saturated heterocycles. The van der Waals surface area contributed by atoms with Gasteiger partial charge in [0.25, 0.3) is 0 Å². The van der Waals surface area contributed by atoms with Crippen molar-refractivity contribution < 1.29 is 9.53 Å². The minimum Gasteiger partial charge on any atom is -0.468 e. The Kier molecular flexibility index (Phi) is 6.57. The average molecular weight is 215 g/mol. The Labute approximate surface area is 93.8 Å². The molecule has 0 aliphatic carbocycles. The van der Waals surface area contributed by atoms with E-state index in [9.17, 15) is 4.79 Å². The zero-order valence-corrected chi connectivity index (χ0v) is 10.9.